The van der Waals surface area contributed by atoms with Crippen molar-refractivity contribution in [2.24, 2.45) is 0 Å². The zero-order valence-electron chi connectivity index (χ0n) is 12.6. The maximum atomic E-state index is 12.2. The van der Waals surface area contributed by atoms with E-state index in [9.17, 15) is 13.6 Å². The molecule has 0 atom stereocenters. The first-order valence-corrected chi connectivity index (χ1v) is 9.04. The van der Waals surface area contributed by atoms with Gasteiger partial charge in [0.15, 0.2) is 0 Å². The maximum absolute atomic E-state index is 12.2. The Kier molecular flexibility index (Phi) is 6.92. The molecule has 0 aliphatic carbocycles. The van der Waals surface area contributed by atoms with E-state index < -0.39 is 5.76 Å². The van der Waals surface area contributed by atoms with Crippen LogP contribution in [-0.4, -0.2) is 17.4 Å². The van der Waals surface area contributed by atoms with Crippen molar-refractivity contribution in [3.05, 3.63) is 59.7 Å². The molecule has 1 amide bonds. The summed E-state index contributed by atoms with van der Waals surface area (Å²) in [6.45, 7) is 2.04. The van der Waals surface area contributed by atoms with Crippen LogP contribution in [0.3, 0.4) is 0 Å². The monoisotopic (exact) mass is 353 g/mol. The van der Waals surface area contributed by atoms with Gasteiger partial charge >= 0.3 is 0 Å². The van der Waals surface area contributed by atoms with Crippen LogP contribution in [0.15, 0.2) is 53.4 Å². The predicted octanol–water partition coefficient (Wildman–Crippen LogP) is 5.18. The van der Waals surface area contributed by atoms with Crippen molar-refractivity contribution in [2.45, 2.75) is 23.3 Å². The molecule has 0 aliphatic rings. The number of thioether (sulfide) groups is 2. The normalized spacial score (nSPS) is 10.8. The molecule has 0 saturated carbocycles. The summed E-state index contributed by atoms with van der Waals surface area (Å²) in [7, 11) is 0. The van der Waals surface area contributed by atoms with Crippen LogP contribution in [0.4, 0.5) is 14.5 Å². The summed E-state index contributed by atoms with van der Waals surface area (Å²) < 4.78 is 24.5. The van der Waals surface area contributed by atoms with E-state index in [2.05, 4.69) is 11.4 Å². The molecule has 0 unspecified atom stereocenters. The smallest absolute Gasteiger partial charge is 0.288 e. The third-order valence-corrected chi connectivity index (χ3v) is 4.67. The Morgan fingerprint density at radius 3 is 2.57 bits per heavy atom. The number of hydrogen-bond donors (Lipinski definition) is 1. The predicted molar refractivity (Wildman–Crippen MR) is 94.3 cm³/mol. The highest BCUT2D eigenvalue weighted by atomic mass is 32.2. The minimum atomic E-state index is -2.44. The summed E-state index contributed by atoms with van der Waals surface area (Å²) in [6, 6.07) is 14.6. The number of nitrogens with one attached hydrogen (secondary N) is 1. The van der Waals surface area contributed by atoms with Crippen LogP contribution < -0.4 is 5.32 Å². The average Bonchev–Trinajstić information content (AvgIpc) is 2.49. The quantitative estimate of drug-likeness (QED) is 0.695. The Balaban J connectivity index is 1.76. The van der Waals surface area contributed by atoms with Gasteiger partial charge in [0.1, 0.15) is 0 Å². The molecule has 2 rings (SSSR count). The number of carbonyl (C=O) groups is 1. The first kappa shape index (κ1) is 17.8. The standard InChI is InChI=1S/C17H17F2NOS2/c1-12-3-2-4-13(9-12)10-22-11-16(21)20-14-5-7-15(8-6-14)23-17(18)19/h2-9,17H,10-11H2,1H3,(H,20,21). The SMILES string of the molecule is Cc1cccc(CSCC(=O)Nc2ccc(SC(F)F)cc2)c1. The summed E-state index contributed by atoms with van der Waals surface area (Å²) in [5.41, 5.74) is 3.01. The fourth-order valence-corrected chi connectivity index (χ4v) is 3.25. The molecule has 2 nitrogen and oxygen atoms in total. The van der Waals surface area contributed by atoms with Crippen molar-refractivity contribution in [2.75, 3.05) is 11.1 Å². The van der Waals surface area contributed by atoms with Crippen LogP contribution >= 0.6 is 23.5 Å². The minimum absolute atomic E-state index is 0.100. The Morgan fingerprint density at radius 1 is 1.17 bits per heavy atom. The lowest BCUT2D eigenvalue weighted by atomic mass is 10.2. The van der Waals surface area contributed by atoms with E-state index in [4.69, 9.17) is 0 Å². The van der Waals surface area contributed by atoms with Crippen molar-refractivity contribution >= 4 is 35.1 Å². The molecule has 2 aromatic rings. The highest BCUT2D eigenvalue weighted by Gasteiger charge is 2.06. The zero-order chi connectivity index (χ0) is 16.7. The summed E-state index contributed by atoms with van der Waals surface area (Å²) in [4.78, 5) is 12.4. The van der Waals surface area contributed by atoms with E-state index in [0.29, 0.717) is 28.1 Å². The largest absolute Gasteiger partial charge is 0.325 e. The third-order valence-electron chi connectivity index (χ3n) is 2.95. The molecule has 6 heteroatoms. The van der Waals surface area contributed by atoms with E-state index in [1.165, 1.54) is 22.9 Å². The van der Waals surface area contributed by atoms with E-state index in [-0.39, 0.29) is 5.91 Å². The number of aryl methyl sites for hydroxylation is 1. The zero-order valence-corrected chi connectivity index (χ0v) is 14.2. The van der Waals surface area contributed by atoms with Gasteiger partial charge in [-0.15, -0.1) is 11.8 Å². The van der Waals surface area contributed by atoms with Crippen molar-refractivity contribution in [1.82, 2.24) is 0 Å². The maximum Gasteiger partial charge on any atom is 0.288 e. The lowest BCUT2D eigenvalue weighted by Crippen LogP contribution is -2.14. The Hall–Kier alpha value is -1.53. The van der Waals surface area contributed by atoms with Gasteiger partial charge < -0.3 is 5.32 Å². The average molecular weight is 353 g/mol. The Labute approximate surface area is 143 Å². The second kappa shape index (κ2) is 8.93. The summed E-state index contributed by atoms with van der Waals surface area (Å²) in [5.74, 6) is -1.41. The van der Waals surface area contributed by atoms with E-state index in [1.54, 1.807) is 24.3 Å². The molecule has 2 aromatic carbocycles. The topological polar surface area (TPSA) is 29.1 Å². The van der Waals surface area contributed by atoms with Gasteiger partial charge in [0.2, 0.25) is 5.91 Å². The van der Waals surface area contributed by atoms with Gasteiger partial charge in [-0.25, -0.2) is 0 Å². The van der Waals surface area contributed by atoms with E-state index in [1.807, 2.05) is 25.1 Å². The van der Waals surface area contributed by atoms with Gasteiger partial charge in [-0.1, -0.05) is 41.6 Å². The third kappa shape index (κ3) is 6.62. The molecule has 0 aliphatic heterocycles. The molecule has 23 heavy (non-hydrogen) atoms. The summed E-state index contributed by atoms with van der Waals surface area (Å²) >= 11 is 2.03. The Bertz CT molecular complexity index is 647. The van der Waals surface area contributed by atoms with Crippen LogP contribution in [0.2, 0.25) is 0 Å². The van der Waals surface area contributed by atoms with E-state index >= 15 is 0 Å². The van der Waals surface area contributed by atoms with Crippen molar-refractivity contribution in [3.63, 3.8) is 0 Å². The number of anilines is 1. The number of amides is 1. The van der Waals surface area contributed by atoms with E-state index in [0.717, 1.165) is 5.75 Å². The second-order valence-electron chi connectivity index (χ2n) is 4.93. The van der Waals surface area contributed by atoms with Crippen LogP contribution in [0, 0.1) is 6.92 Å². The van der Waals surface area contributed by atoms with Crippen LogP contribution in [-0.2, 0) is 10.5 Å². The van der Waals surface area contributed by atoms with Gasteiger partial charge in [0.05, 0.1) is 5.75 Å². The first-order valence-electron chi connectivity index (χ1n) is 7.01. The second-order valence-corrected chi connectivity index (χ2v) is 6.98. The van der Waals surface area contributed by atoms with Crippen LogP contribution in [0.5, 0.6) is 0 Å². The van der Waals surface area contributed by atoms with Gasteiger partial charge in [0, 0.05) is 16.3 Å². The lowest BCUT2D eigenvalue weighted by molar-refractivity contribution is -0.113. The molecular formula is C17H17F2NOS2. The number of hydrogen-bond acceptors (Lipinski definition) is 3. The molecule has 0 bridgehead atoms. The molecule has 0 aromatic heterocycles. The molecule has 122 valence electrons. The van der Waals surface area contributed by atoms with Gasteiger partial charge in [0.25, 0.3) is 5.76 Å². The molecule has 0 saturated heterocycles. The molecular weight excluding hydrogens is 336 g/mol. The molecule has 0 heterocycles. The molecule has 1 N–H and O–H groups in total. The van der Waals surface area contributed by atoms with Gasteiger partial charge in [-0.05, 0) is 36.8 Å². The first-order chi connectivity index (χ1) is 11.0. The highest BCUT2D eigenvalue weighted by molar-refractivity contribution is 7.99. The minimum Gasteiger partial charge on any atom is -0.325 e. The lowest BCUT2D eigenvalue weighted by Gasteiger charge is -2.07. The van der Waals surface area contributed by atoms with Crippen molar-refractivity contribution in [1.29, 1.82) is 0 Å². The van der Waals surface area contributed by atoms with Crippen molar-refractivity contribution < 1.29 is 13.6 Å². The number of benzene rings is 2. The Morgan fingerprint density at radius 2 is 1.91 bits per heavy atom. The number of alkyl halides is 2. The van der Waals surface area contributed by atoms with Crippen molar-refractivity contribution in [3.8, 4) is 0 Å². The molecule has 0 fully saturated rings. The fraction of sp³-hybridized carbons (Fsp3) is 0.235. The number of carbonyl (C=O) groups excluding carboxylic acids is 1. The van der Waals surface area contributed by atoms with Crippen LogP contribution in [0.25, 0.3) is 0 Å². The van der Waals surface area contributed by atoms with Gasteiger partial charge in [-0.3, -0.25) is 4.79 Å². The summed E-state index contributed by atoms with van der Waals surface area (Å²) in [6.07, 6.45) is 0. The van der Waals surface area contributed by atoms with Gasteiger partial charge in [-0.2, -0.15) is 8.78 Å². The fourth-order valence-electron chi connectivity index (χ4n) is 1.98. The summed E-state index contributed by atoms with van der Waals surface area (Å²) in [5, 5.41) is 2.76. The molecule has 0 spiro atoms. The van der Waals surface area contributed by atoms with Crippen LogP contribution in [0.1, 0.15) is 11.1 Å². The number of halogens is 2. The molecule has 0 radical (unpaired) electrons. The number of rotatable bonds is 7. The highest BCUT2D eigenvalue weighted by Crippen LogP contribution is 2.26.